The number of rotatable bonds is 0. The van der Waals surface area contributed by atoms with Crippen molar-refractivity contribution in [3.05, 3.63) is 0 Å². The molecule has 0 aromatic heterocycles. The molecule has 0 rings (SSSR count). The quantitative estimate of drug-likeness (QED) is 0.509. The van der Waals surface area contributed by atoms with Gasteiger partial charge in [0.2, 0.25) is 0 Å². The van der Waals surface area contributed by atoms with Crippen LogP contribution in [0.3, 0.4) is 0 Å². The average molecular weight is 203 g/mol. The second-order valence-electron chi connectivity index (χ2n) is 0. The zero-order valence-electron chi connectivity index (χ0n) is 1.42. The van der Waals surface area contributed by atoms with Gasteiger partial charge in [-0.1, -0.05) is 0 Å². The molecule has 2 nitrogen and oxygen atoms in total. The van der Waals surface area contributed by atoms with Gasteiger partial charge in [-0.2, -0.15) is 0 Å². The third-order valence-corrected chi connectivity index (χ3v) is 0. The van der Waals surface area contributed by atoms with Gasteiger partial charge in [0.15, 0.2) is 0 Å². The van der Waals surface area contributed by atoms with Crippen LogP contribution in [-0.4, -0.2) is 0 Å². The van der Waals surface area contributed by atoms with Gasteiger partial charge in [0, 0.05) is 0 Å². The Labute approximate surface area is 44.2 Å². The summed E-state index contributed by atoms with van der Waals surface area (Å²) in [5.74, 6) is 0. The Morgan fingerprint density at radius 2 is 1.25 bits per heavy atom. The van der Waals surface area contributed by atoms with Gasteiger partial charge in [0.05, 0.1) is 0 Å². The van der Waals surface area contributed by atoms with Crippen LogP contribution in [0.15, 0.2) is 0 Å². The summed E-state index contributed by atoms with van der Waals surface area (Å²) in [5.41, 5.74) is 0. The molecule has 0 aliphatic carbocycles. The van der Waals surface area contributed by atoms with Crippen molar-refractivity contribution in [2.75, 3.05) is 0 Å². The van der Waals surface area contributed by atoms with Crippen molar-refractivity contribution in [3.8, 4) is 0 Å². The zero-order chi connectivity index (χ0) is 4.00. The van der Waals surface area contributed by atoms with Crippen LogP contribution in [0.4, 0.5) is 0 Å². The van der Waals surface area contributed by atoms with E-state index in [1.54, 1.807) is 21.0 Å². The first-order chi connectivity index (χ1) is 2.00. The van der Waals surface area contributed by atoms with Crippen LogP contribution in [0, 0.1) is 0 Å². The summed E-state index contributed by atoms with van der Waals surface area (Å²) < 4.78 is 15.9. The molecule has 34 valence electrons. The zero-order valence-corrected chi connectivity index (χ0v) is 3.84. The van der Waals surface area contributed by atoms with Crippen molar-refractivity contribution in [2.45, 2.75) is 0 Å². The predicted octanol–water partition coefficient (Wildman–Crippen LogP) is -0.243. The summed E-state index contributed by atoms with van der Waals surface area (Å²) in [6, 6.07) is 0. The number of hydrogen-bond donors (Lipinski definition) is 0. The second-order valence-corrected chi connectivity index (χ2v) is 0. The fourth-order valence-electron chi connectivity index (χ4n) is 0. The van der Waals surface area contributed by atoms with Crippen molar-refractivity contribution < 1.29 is 44.1 Å². The van der Waals surface area contributed by atoms with Gasteiger partial charge in [-0.15, -0.1) is 0 Å². The van der Waals surface area contributed by atoms with E-state index in [4.69, 9.17) is 7.08 Å². The van der Waals surface area contributed by atoms with Gasteiger partial charge in [0.1, 0.15) is 0 Å². The van der Waals surface area contributed by atoms with Gasteiger partial charge >= 0.3 is 44.1 Å². The predicted molar refractivity (Wildman–Crippen MR) is 1.37 cm³/mol. The molecule has 0 atom stereocenters. The Bertz CT molecular complexity index is 8.00. The molecular formula is AgCuO2. The monoisotopic (exact) mass is 202 g/mol. The molecule has 0 aromatic rings. The summed E-state index contributed by atoms with van der Waals surface area (Å²) >= 11 is 4.64. The molecule has 0 saturated carbocycles. The van der Waals surface area contributed by atoms with E-state index in [0.29, 0.717) is 0 Å². The van der Waals surface area contributed by atoms with Crippen LogP contribution < -0.4 is 0 Å². The van der Waals surface area contributed by atoms with E-state index in [-0.39, 0.29) is 0 Å². The van der Waals surface area contributed by atoms with E-state index in [9.17, 15) is 0 Å². The molecule has 0 aliphatic heterocycles. The molecule has 0 aliphatic rings. The van der Waals surface area contributed by atoms with Gasteiger partial charge < -0.3 is 0 Å². The maximum absolute atomic E-state index is 8.06. The van der Waals surface area contributed by atoms with Crippen LogP contribution in [0.5, 0.6) is 0 Å². The topological polar surface area (TPSA) is 34.1 Å². The first-order valence-corrected chi connectivity index (χ1v) is 1.24. The minimum atomic E-state index is 1.70. The average Bonchev–Trinajstić information content (AvgIpc) is 1.50. The third kappa shape index (κ3) is 13.4. The fourth-order valence-corrected chi connectivity index (χ4v) is 0. The van der Waals surface area contributed by atoms with Crippen molar-refractivity contribution in [1.82, 2.24) is 0 Å². The first kappa shape index (κ1) is 8.85. The molecule has 0 saturated heterocycles. The Hall–Kier alpha value is 0.860. The van der Waals surface area contributed by atoms with Gasteiger partial charge in [0.25, 0.3) is 0 Å². The molecule has 4 heavy (non-hydrogen) atoms. The molecule has 0 fully saturated rings. The van der Waals surface area contributed by atoms with Crippen LogP contribution in [0.1, 0.15) is 0 Å². The van der Waals surface area contributed by atoms with E-state index in [0.717, 1.165) is 0 Å². The van der Waals surface area contributed by atoms with Crippen molar-refractivity contribution >= 4 is 0 Å². The van der Waals surface area contributed by atoms with Gasteiger partial charge in [-0.25, -0.2) is 0 Å². The SMILES string of the molecule is [O]=[Ag].[O]=[Cu]. The Morgan fingerprint density at radius 3 is 1.25 bits per heavy atom. The van der Waals surface area contributed by atoms with E-state index >= 15 is 0 Å². The first-order valence-electron chi connectivity index (χ1n) is 0.246. The molecule has 4 heteroatoms. The van der Waals surface area contributed by atoms with Gasteiger partial charge in [-0.3, -0.25) is 0 Å². The van der Waals surface area contributed by atoms with Crippen molar-refractivity contribution in [2.24, 2.45) is 0 Å². The normalized spacial score (nSPS) is 3.00. The minimum absolute atomic E-state index is 1.70. The standard InChI is InChI=1S/Ag.Cu.2O. The summed E-state index contributed by atoms with van der Waals surface area (Å²) in [6.45, 7) is 0. The number of hydrogen-bond acceptors (Lipinski definition) is 2. The molecule has 0 heterocycles. The Kier molecular flexibility index (Phi) is 94.5. The van der Waals surface area contributed by atoms with E-state index in [1.165, 1.54) is 0 Å². The fraction of sp³-hybridized carbons (Fsp3) is 0. The summed E-state index contributed by atoms with van der Waals surface area (Å²) in [7, 11) is 0. The molecular weight excluding hydrogens is 203 g/mol. The second kappa shape index (κ2) is 42.7. The van der Waals surface area contributed by atoms with Crippen molar-refractivity contribution in [3.63, 3.8) is 0 Å². The summed E-state index contributed by atoms with van der Waals surface area (Å²) in [4.78, 5) is 0. The van der Waals surface area contributed by atoms with Crippen LogP contribution in [0.25, 0.3) is 0 Å². The molecule has 0 spiro atoms. The molecule has 0 unspecified atom stereocenters. The van der Waals surface area contributed by atoms with Crippen LogP contribution in [-0.2, 0) is 44.1 Å². The summed E-state index contributed by atoms with van der Waals surface area (Å²) in [6.07, 6.45) is 0. The van der Waals surface area contributed by atoms with E-state index in [2.05, 4.69) is 15.9 Å². The van der Waals surface area contributed by atoms with E-state index < -0.39 is 0 Å². The Balaban J connectivity index is 0. The van der Waals surface area contributed by atoms with Gasteiger partial charge in [-0.05, 0) is 0 Å². The van der Waals surface area contributed by atoms with Crippen LogP contribution in [0.2, 0.25) is 0 Å². The van der Waals surface area contributed by atoms with Crippen LogP contribution >= 0.6 is 0 Å². The molecule has 0 aromatic carbocycles. The summed E-state index contributed by atoms with van der Waals surface area (Å²) in [5, 5.41) is 0. The third-order valence-electron chi connectivity index (χ3n) is 0. The Morgan fingerprint density at radius 1 is 1.25 bits per heavy atom. The molecule has 0 bridgehead atoms. The van der Waals surface area contributed by atoms with E-state index in [1.807, 2.05) is 0 Å². The molecule has 0 N–H and O–H groups in total. The molecule has 0 radical (unpaired) electrons. The molecule has 0 amide bonds. The van der Waals surface area contributed by atoms with Crippen molar-refractivity contribution in [1.29, 1.82) is 0 Å². The maximum atomic E-state index is 8.06.